The molecule has 45 heavy (non-hydrogen) atoms. The molecular weight excluding hydrogens is 580 g/mol. The van der Waals surface area contributed by atoms with E-state index in [1.165, 1.54) is 9.58 Å². The van der Waals surface area contributed by atoms with Gasteiger partial charge in [-0.05, 0) is 62.0 Å². The van der Waals surface area contributed by atoms with Crippen LogP contribution in [0.15, 0.2) is 66.7 Å². The lowest BCUT2D eigenvalue weighted by Crippen LogP contribution is -2.50. The molecule has 1 aliphatic heterocycles. The number of carbonyl (C=O) groups excluding carboxylic acids is 4. The van der Waals surface area contributed by atoms with E-state index in [9.17, 15) is 29.1 Å². The number of hydrogen-bond donors (Lipinski definition) is 3. The maximum Gasteiger partial charge on any atom is 0.305 e. The highest BCUT2D eigenvalue weighted by Crippen LogP contribution is 2.24. The summed E-state index contributed by atoms with van der Waals surface area (Å²) in [7, 11) is 3.82. The molecule has 2 heterocycles. The second-order valence-corrected chi connectivity index (χ2v) is 11.4. The molecule has 14 nitrogen and oxygen atoms in total. The van der Waals surface area contributed by atoms with Crippen LogP contribution in [0.4, 0.5) is 0 Å². The van der Waals surface area contributed by atoms with Crippen molar-refractivity contribution in [3.8, 4) is 0 Å². The van der Waals surface area contributed by atoms with Gasteiger partial charge in [-0.1, -0.05) is 36.4 Å². The van der Waals surface area contributed by atoms with Crippen LogP contribution in [0.2, 0.25) is 0 Å². The Balaban J connectivity index is 1.40. The Kier molecular flexibility index (Phi) is 11.1. The Morgan fingerprint density at radius 3 is 2.56 bits per heavy atom. The minimum atomic E-state index is -1.34. The summed E-state index contributed by atoms with van der Waals surface area (Å²) in [6, 6.07) is 7.28. The number of amides is 2. The third-order valence-corrected chi connectivity index (χ3v) is 7.89. The second kappa shape index (κ2) is 15.1. The van der Waals surface area contributed by atoms with Gasteiger partial charge in [0.15, 0.2) is 11.6 Å². The molecule has 0 radical (unpaired) electrons. The first-order valence-electron chi connectivity index (χ1n) is 14.7. The molecule has 14 heteroatoms. The molecule has 3 unspecified atom stereocenters. The predicted octanol–water partition coefficient (Wildman–Crippen LogP) is 0.824. The first-order valence-corrected chi connectivity index (χ1v) is 14.7. The summed E-state index contributed by atoms with van der Waals surface area (Å²) in [6.07, 6.45) is 9.36. The topological polar surface area (TPSA) is 180 Å². The van der Waals surface area contributed by atoms with Crippen molar-refractivity contribution in [3.05, 3.63) is 78.0 Å². The van der Waals surface area contributed by atoms with E-state index in [1.54, 1.807) is 37.6 Å². The fraction of sp³-hybridized carbons (Fsp3) is 0.419. The number of aromatic nitrogens is 4. The summed E-state index contributed by atoms with van der Waals surface area (Å²) in [5, 5.41) is 26.3. The molecule has 4 atom stereocenters. The van der Waals surface area contributed by atoms with E-state index < -0.39 is 48.0 Å². The summed E-state index contributed by atoms with van der Waals surface area (Å²) in [4.78, 5) is 67.3. The minimum Gasteiger partial charge on any atom is -0.481 e. The quantitative estimate of drug-likeness (QED) is 0.271. The maximum atomic E-state index is 13.3. The van der Waals surface area contributed by atoms with E-state index in [4.69, 9.17) is 0 Å². The van der Waals surface area contributed by atoms with Gasteiger partial charge in [-0.15, -0.1) is 5.10 Å². The molecule has 2 aliphatic rings. The van der Waals surface area contributed by atoms with Crippen molar-refractivity contribution in [1.82, 2.24) is 40.6 Å². The highest BCUT2D eigenvalue weighted by molar-refractivity contribution is 6.02. The van der Waals surface area contributed by atoms with Crippen LogP contribution >= 0.6 is 0 Å². The van der Waals surface area contributed by atoms with Crippen LogP contribution in [0.3, 0.4) is 0 Å². The van der Waals surface area contributed by atoms with Crippen molar-refractivity contribution in [1.29, 1.82) is 0 Å². The molecule has 1 fully saturated rings. The van der Waals surface area contributed by atoms with Crippen molar-refractivity contribution in [2.24, 2.45) is 5.92 Å². The van der Waals surface area contributed by atoms with Crippen LogP contribution in [-0.2, 0) is 36.9 Å². The van der Waals surface area contributed by atoms with Gasteiger partial charge in [0.1, 0.15) is 18.4 Å². The number of nitrogens with zero attached hydrogens (tertiary/aromatic N) is 6. The van der Waals surface area contributed by atoms with E-state index in [0.717, 1.165) is 12.0 Å². The third-order valence-electron chi connectivity index (χ3n) is 7.89. The van der Waals surface area contributed by atoms with E-state index in [1.807, 2.05) is 49.3 Å². The number of Topliss-reactive ketones (excluding diaryl/α,β-unsaturated/α-hetero) is 2. The van der Waals surface area contributed by atoms with Gasteiger partial charge in [0, 0.05) is 31.3 Å². The van der Waals surface area contributed by atoms with Crippen molar-refractivity contribution in [2.45, 2.75) is 63.7 Å². The van der Waals surface area contributed by atoms with Crippen LogP contribution in [-0.4, -0.2) is 96.7 Å². The van der Waals surface area contributed by atoms with Gasteiger partial charge in [-0.25, -0.2) is 4.68 Å². The largest absolute Gasteiger partial charge is 0.481 e. The Bertz CT molecular complexity index is 1500. The van der Waals surface area contributed by atoms with Gasteiger partial charge in [-0.3, -0.25) is 24.0 Å². The SMILES string of the molecule is CC(C(=O)N[C@@H](CC(=O)O)C(=O)Cn1nnnc1Cc1ccccc1)N1C=CC=CC(NC(=O)C2CCC(N(C)C)CC2=O)=C1. The van der Waals surface area contributed by atoms with Crippen LogP contribution in [0.5, 0.6) is 0 Å². The Labute approximate surface area is 260 Å². The normalized spacial score (nSPS) is 19.4. The highest BCUT2D eigenvalue weighted by atomic mass is 16.4. The number of ketones is 2. The van der Waals surface area contributed by atoms with Gasteiger partial charge in [-0.2, -0.15) is 0 Å². The number of nitrogens with one attached hydrogen (secondary N) is 2. The van der Waals surface area contributed by atoms with Crippen molar-refractivity contribution >= 4 is 29.4 Å². The Morgan fingerprint density at radius 1 is 1.11 bits per heavy atom. The number of tetrazole rings is 1. The zero-order valence-electron chi connectivity index (χ0n) is 25.5. The molecule has 0 spiro atoms. The number of hydrogen-bond acceptors (Lipinski definition) is 10. The summed E-state index contributed by atoms with van der Waals surface area (Å²) in [5.74, 6) is -3.31. The fourth-order valence-electron chi connectivity index (χ4n) is 5.17. The van der Waals surface area contributed by atoms with Gasteiger partial charge >= 0.3 is 5.97 Å². The number of aliphatic carboxylic acids is 1. The van der Waals surface area contributed by atoms with E-state index in [0.29, 0.717) is 30.8 Å². The number of allylic oxidation sites excluding steroid dienone is 3. The Hall–Kier alpha value is -4.98. The fourth-order valence-corrected chi connectivity index (χ4v) is 5.17. The van der Waals surface area contributed by atoms with Crippen molar-refractivity contribution in [2.75, 3.05) is 14.1 Å². The van der Waals surface area contributed by atoms with E-state index in [-0.39, 0.29) is 18.4 Å². The molecule has 0 saturated heterocycles. The molecule has 2 amide bonds. The van der Waals surface area contributed by atoms with E-state index >= 15 is 0 Å². The first-order chi connectivity index (χ1) is 21.5. The molecule has 3 N–H and O–H groups in total. The molecule has 1 aliphatic carbocycles. The molecule has 1 saturated carbocycles. The Morgan fingerprint density at radius 2 is 1.87 bits per heavy atom. The van der Waals surface area contributed by atoms with Gasteiger partial charge < -0.3 is 25.5 Å². The van der Waals surface area contributed by atoms with Gasteiger partial charge in [0.25, 0.3) is 0 Å². The zero-order chi connectivity index (χ0) is 32.5. The maximum absolute atomic E-state index is 13.3. The van der Waals surface area contributed by atoms with Crippen LogP contribution in [0.1, 0.15) is 44.0 Å². The molecule has 4 rings (SSSR count). The van der Waals surface area contributed by atoms with Crippen molar-refractivity contribution in [3.63, 3.8) is 0 Å². The molecule has 0 bridgehead atoms. The summed E-state index contributed by atoms with van der Waals surface area (Å²) >= 11 is 0. The third kappa shape index (κ3) is 9.01. The standard InChI is InChI=1S/C31H38N8O6/c1-20(38-14-8-7-11-22(18-38)32-31(45)24-13-12-23(37(2)3)16-26(24)40)30(44)33-25(17-29(42)43)27(41)19-39-28(34-35-36-39)15-21-9-5-4-6-10-21/h4-11,14,18,20,23-25H,12-13,15-17,19H2,1-3H3,(H,32,45)(H,33,44)(H,42,43)/t20?,23?,24?,25-/m0/s1. The first kappa shape index (κ1) is 32.9. The molecule has 2 aromatic rings. The number of carboxylic acids is 1. The molecular formula is C31H38N8O6. The summed E-state index contributed by atoms with van der Waals surface area (Å²) in [6.45, 7) is 1.25. The summed E-state index contributed by atoms with van der Waals surface area (Å²) in [5.41, 5.74) is 1.30. The second-order valence-electron chi connectivity index (χ2n) is 11.4. The molecule has 238 valence electrons. The smallest absolute Gasteiger partial charge is 0.305 e. The van der Waals surface area contributed by atoms with Crippen LogP contribution in [0, 0.1) is 5.92 Å². The van der Waals surface area contributed by atoms with Crippen LogP contribution in [0.25, 0.3) is 0 Å². The molecule has 1 aromatic heterocycles. The lowest BCUT2D eigenvalue weighted by molar-refractivity contribution is -0.140. The van der Waals surface area contributed by atoms with Crippen molar-refractivity contribution < 1.29 is 29.1 Å². The number of carboxylic acid groups (broad SMARTS) is 1. The monoisotopic (exact) mass is 618 g/mol. The van der Waals surface area contributed by atoms with Crippen LogP contribution < -0.4 is 10.6 Å². The number of carbonyl (C=O) groups is 5. The average Bonchev–Trinajstić information content (AvgIpc) is 3.29. The minimum absolute atomic E-state index is 0.110. The lowest BCUT2D eigenvalue weighted by atomic mass is 9.84. The number of benzene rings is 1. The summed E-state index contributed by atoms with van der Waals surface area (Å²) < 4.78 is 1.29. The zero-order valence-corrected chi connectivity index (χ0v) is 25.5. The highest BCUT2D eigenvalue weighted by Gasteiger charge is 2.35. The van der Waals surface area contributed by atoms with E-state index in [2.05, 4.69) is 26.2 Å². The lowest BCUT2D eigenvalue weighted by Gasteiger charge is -2.31. The van der Waals surface area contributed by atoms with Gasteiger partial charge in [0.05, 0.1) is 24.1 Å². The van der Waals surface area contributed by atoms with Gasteiger partial charge in [0.2, 0.25) is 11.8 Å². The average molecular weight is 619 g/mol. The predicted molar refractivity (Wildman–Crippen MR) is 162 cm³/mol. The molecule has 1 aromatic carbocycles. The number of rotatable bonds is 13.